The Labute approximate surface area is 45.7 Å². The molecule has 0 aromatic heterocycles. The molecule has 1 atom stereocenters. The maximum absolute atomic E-state index is 5.14. The SMILES string of the molecule is C[CH]C(C)OCC. The highest BCUT2D eigenvalue weighted by Gasteiger charge is 1.92. The lowest BCUT2D eigenvalue weighted by Crippen LogP contribution is -2.05. The fourth-order valence-corrected chi connectivity index (χ4v) is 0.359. The molecule has 0 fully saturated rings. The monoisotopic (exact) mass is 101 g/mol. The van der Waals surface area contributed by atoms with Crippen molar-refractivity contribution in [2.45, 2.75) is 26.9 Å². The molecule has 1 radical (unpaired) electrons. The topological polar surface area (TPSA) is 9.23 Å². The Kier molecular flexibility index (Phi) is 4.10. The van der Waals surface area contributed by atoms with Crippen LogP contribution in [-0.2, 0) is 4.74 Å². The van der Waals surface area contributed by atoms with Gasteiger partial charge in [-0.15, -0.1) is 0 Å². The Bertz CT molecular complexity index is 35.2. The quantitative estimate of drug-likeness (QED) is 0.525. The van der Waals surface area contributed by atoms with Crippen LogP contribution in [0.3, 0.4) is 0 Å². The zero-order chi connectivity index (χ0) is 5.70. The van der Waals surface area contributed by atoms with Crippen molar-refractivity contribution in [1.29, 1.82) is 0 Å². The minimum absolute atomic E-state index is 0.324. The molecule has 0 aromatic rings. The van der Waals surface area contributed by atoms with Gasteiger partial charge in [0.1, 0.15) is 0 Å². The first-order valence-electron chi connectivity index (χ1n) is 2.72. The van der Waals surface area contributed by atoms with E-state index < -0.39 is 0 Å². The van der Waals surface area contributed by atoms with Gasteiger partial charge in [-0.3, -0.25) is 0 Å². The Morgan fingerprint density at radius 1 is 1.71 bits per heavy atom. The third kappa shape index (κ3) is 3.80. The Morgan fingerprint density at radius 3 is 2.43 bits per heavy atom. The highest BCUT2D eigenvalue weighted by Crippen LogP contribution is 1.91. The maximum Gasteiger partial charge on any atom is 0.0575 e. The lowest BCUT2D eigenvalue weighted by Gasteiger charge is -2.05. The first-order valence-corrected chi connectivity index (χ1v) is 2.72. The van der Waals surface area contributed by atoms with Crippen molar-refractivity contribution < 1.29 is 4.74 Å². The van der Waals surface area contributed by atoms with Crippen molar-refractivity contribution in [2.24, 2.45) is 0 Å². The second-order valence-corrected chi connectivity index (χ2v) is 1.49. The van der Waals surface area contributed by atoms with E-state index >= 15 is 0 Å². The molecule has 1 unspecified atom stereocenters. The lowest BCUT2D eigenvalue weighted by atomic mass is 10.3. The summed E-state index contributed by atoms with van der Waals surface area (Å²) in [5, 5.41) is 0. The minimum atomic E-state index is 0.324. The summed E-state index contributed by atoms with van der Waals surface area (Å²) in [6, 6.07) is 0. The third-order valence-electron chi connectivity index (χ3n) is 0.899. The molecule has 7 heavy (non-hydrogen) atoms. The molecular weight excluding hydrogens is 88.1 g/mol. The van der Waals surface area contributed by atoms with E-state index in [0.29, 0.717) is 6.10 Å². The summed E-state index contributed by atoms with van der Waals surface area (Å²) >= 11 is 0. The van der Waals surface area contributed by atoms with Gasteiger partial charge in [0.25, 0.3) is 0 Å². The fourth-order valence-electron chi connectivity index (χ4n) is 0.359. The average molecular weight is 101 g/mol. The standard InChI is InChI=1S/C6H13O/c1-4-6(3)7-5-2/h4,6H,5H2,1-3H3. The van der Waals surface area contributed by atoms with Crippen molar-refractivity contribution >= 4 is 0 Å². The third-order valence-corrected chi connectivity index (χ3v) is 0.899. The van der Waals surface area contributed by atoms with Gasteiger partial charge in [0.15, 0.2) is 0 Å². The van der Waals surface area contributed by atoms with Crippen LogP contribution in [0.4, 0.5) is 0 Å². The molecule has 0 spiro atoms. The second-order valence-electron chi connectivity index (χ2n) is 1.49. The van der Waals surface area contributed by atoms with Crippen molar-refractivity contribution in [3.8, 4) is 0 Å². The maximum atomic E-state index is 5.14. The second kappa shape index (κ2) is 4.13. The van der Waals surface area contributed by atoms with Crippen LogP contribution in [0.25, 0.3) is 0 Å². The van der Waals surface area contributed by atoms with E-state index in [1.165, 1.54) is 0 Å². The van der Waals surface area contributed by atoms with Gasteiger partial charge in [0, 0.05) is 6.61 Å². The van der Waals surface area contributed by atoms with Crippen molar-refractivity contribution in [3.05, 3.63) is 6.42 Å². The van der Waals surface area contributed by atoms with Crippen LogP contribution in [0.5, 0.6) is 0 Å². The molecule has 43 valence electrons. The summed E-state index contributed by atoms with van der Waals surface area (Å²) in [7, 11) is 0. The van der Waals surface area contributed by atoms with Crippen LogP contribution in [-0.4, -0.2) is 12.7 Å². The van der Waals surface area contributed by atoms with E-state index in [1.807, 2.05) is 27.2 Å². The van der Waals surface area contributed by atoms with E-state index in [0.717, 1.165) is 6.61 Å². The van der Waals surface area contributed by atoms with Gasteiger partial charge in [-0.05, 0) is 20.3 Å². The van der Waals surface area contributed by atoms with Crippen LogP contribution in [0, 0.1) is 6.42 Å². The number of hydrogen-bond donors (Lipinski definition) is 0. The molecule has 0 aliphatic carbocycles. The summed E-state index contributed by atoms with van der Waals surface area (Å²) < 4.78 is 5.14. The molecule has 0 heterocycles. The summed E-state index contributed by atoms with van der Waals surface area (Å²) in [6.45, 7) is 6.84. The summed E-state index contributed by atoms with van der Waals surface area (Å²) in [5.74, 6) is 0. The number of rotatable bonds is 3. The molecular formula is C6H13O. The van der Waals surface area contributed by atoms with Crippen LogP contribution >= 0.6 is 0 Å². The summed E-state index contributed by atoms with van der Waals surface area (Å²) in [6.07, 6.45) is 2.36. The van der Waals surface area contributed by atoms with Crippen LogP contribution < -0.4 is 0 Å². The smallest absolute Gasteiger partial charge is 0.0575 e. The van der Waals surface area contributed by atoms with Gasteiger partial charge in [0.05, 0.1) is 6.10 Å². The van der Waals surface area contributed by atoms with E-state index in [1.54, 1.807) is 0 Å². The summed E-state index contributed by atoms with van der Waals surface area (Å²) in [4.78, 5) is 0. The van der Waals surface area contributed by atoms with Crippen LogP contribution in [0.2, 0.25) is 0 Å². The Morgan fingerprint density at radius 2 is 2.29 bits per heavy atom. The molecule has 0 aliphatic rings. The molecule has 1 heteroatoms. The molecule has 0 N–H and O–H groups in total. The highest BCUT2D eigenvalue weighted by atomic mass is 16.5. The van der Waals surface area contributed by atoms with Crippen molar-refractivity contribution in [2.75, 3.05) is 6.61 Å². The predicted octanol–water partition coefficient (Wildman–Crippen LogP) is 1.64. The number of ether oxygens (including phenoxy) is 1. The van der Waals surface area contributed by atoms with Crippen molar-refractivity contribution in [1.82, 2.24) is 0 Å². The van der Waals surface area contributed by atoms with Gasteiger partial charge in [0.2, 0.25) is 0 Å². The van der Waals surface area contributed by atoms with Gasteiger partial charge >= 0.3 is 0 Å². The van der Waals surface area contributed by atoms with Gasteiger partial charge < -0.3 is 4.74 Å². The van der Waals surface area contributed by atoms with E-state index in [2.05, 4.69) is 0 Å². The van der Waals surface area contributed by atoms with E-state index in [9.17, 15) is 0 Å². The zero-order valence-corrected chi connectivity index (χ0v) is 5.27. The van der Waals surface area contributed by atoms with E-state index in [-0.39, 0.29) is 0 Å². The molecule has 0 amide bonds. The lowest BCUT2D eigenvalue weighted by molar-refractivity contribution is 0.0989. The van der Waals surface area contributed by atoms with Crippen LogP contribution in [0.1, 0.15) is 20.8 Å². The molecule has 0 rings (SSSR count). The fraction of sp³-hybridized carbons (Fsp3) is 0.833. The normalized spacial score (nSPS) is 14.1. The summed E-state index contributed by atoms with van der Waals surface area (Å²) in [5.41, 5.74) is 0. The first kappa shape index (κ1) is 6.96. The Balaban J connectivity index is 2.83. The Hall–Kier alpha value is -0.0400. The molecule has 0 saturated heterocycles. The first-order chi connectivity index (χ1) is 3.31. The molecule has 0 aliphatic heterocycles. The zero-order valence-electron chi connectivity index (χ0n) is 5.27. The predicted molar refractivity (Wildman–Crippen MR) is 31.1 cm³/mol. The molecule has 0 bridgehead atoms. The van der Waals surface area contributed by atoms with Gasteiger partial charge in [-0.1, -0.05) is 6.92 Å². The molecule has 0 saturated carbocycles. The van der Waals surface area contributed by atoms with Gasteiger partial charge in [-0.2, -0.15) is 0 Å². The molecule has 0 aromatic carbocycles. The average Bonchev–Trinajstić information content (AvgIpc) is 1.68. The van der Waals surface area contributed by atoms with Crippen LogP contribution in [0.15, 0.2) is 0 Å². The van der Waals surface area contributed by atoms with Gasteiger partial charge in [-0.25, -0.2) is 0 Å². The highest BCUT2D eigenvalue weighted by molar-refractivity contribution is 4.64. The number of hydrogen-bond acceptors (Lipinski definition) is 1. The minimum Gasteiger partial charge on any atom is -0.379 e. The van der Waals surface area contributed by atoms with E-state index in [4.69, 9.17) is 4.74 Å². The largest absolute Gasteiger partial charge is 0.379 e. The molecule has 1 nitrogen and oxygen atoms in total. The van der Waals surface area contributed by atoms with Crippen molar-refractivity contribution in [3.63, 3.8) is 0 Å².